The number of benzene rings is 1. The number of rotatable bonds is 4. The lowest BCUT2D eigenvalue weighted by Gasteiger charge is -2.40. The molecule has 0 aliphatic carbocycles. The molecular weight excluding hydrogens is 218 g/mol. The van der Waals surface area contributed by atoms with Crippen LogP contribution in [0, 0.1) is 0 Å². The Morgan fingerprint density at radius 3 is 2.71 bits per heavy atom. The molecule has 0 bridgehead atoms. The van der Waals surface area contributed by atoms with Crippen molar-refractivity contribution in [2.45, 2.75) is 25.4 Å². The predicted molar refractivity (Wildman–Crippen MR) is 62.0 cm³/mol. The largest absolute Gasteiger partial charge is 0.469 e. The van der Waals surface area contributed by atoms with Crippen LogP contribution in [0.2, 0.25) is 0 Å². The summed E-state index contributed by atoms with van der Waals surface area (Å²) in [5, 5.41) is 0. The highest BCUT2D eigenvalue weighted by atomic mass is 16.5. The summed E-state index contributed by atoms with van der Waals surface area (Å²) in [6, 6.07) is 9.76. The summed E-state index contributed by atoms with van der Waals surface area (Å²) in [6.07, 6.45) is 0.733. The molecule has 0 unspecified atom stereocenters. The lowest BCUT2D eigenvalue weighted by Crippen LogP contribution is -2.52. The number of esters is 1. The Morgan fingerprint density at radius 2 is 2.12 bits per heavy atom. The summed E-state index contributed by atoms with van der Waals surface area (Å²) in [7, 11) is 1.37. The first-order valence-corrected chi connectivity index (χ1v) is 5.61. The molecule has 0 aromatic heterocycles. The number of likely N-dealkylation sites (tertiary alicyclic amines) is 1. The van der Waals surface area contributed by atoms with Gasteiger partial charge in [0.25, 0.3) is 0 Å². The summed E-state index contributed by atoms with van der Waals surface area (Å²) in [5.41, 5.74) is 1.08. The van der Waals surface area contributed by atoms with Gasteiger partial charge in [-0.1, -0.05) is 30.3 Å². The molecule has 1 aromatic rings. The fraction of sp³-hybridized carbons (Fsp3) is 0.385. The van der Waals surface area contributed by atoms with Crippen molar-refractivity contribution < 1.29 is 14.3 Å². The van der Waals surface area contributed by atoms with E-state index in [1.54, 1.807) is 4.90 Å². The van der Waals surface area contributed by atoms with E-state index in [2.05, 4.69) is 4.74 Å². The third kappa shape index (κ3) is 2.64. The van der Waals surface area contributed by atoms with E-state index >= 15 is 0 Å². The Balaban J connectivity index is 1.95. The molecule has 2 rings (SSSR count). The highest BCUT2D eigenvalue weighted by Gasteiger charge is 2.37. The summed E-state index contributed by atoms with van der Waals surface area (Å²) < 4.78 is 4.61. The van der Waals surface area contributed by atoms with Gasteiger partial charge in [-0.15, -0.1) is 0 Å². The maximum Gasteiger partial charge on any atom is 0.307 e. The van der Waals surface area contributed by atoms with Gasteiger partial charge in [-0.05, 0) is 5.56 Å². The lowest BCUT2D eigenvalue weighted by atomic mass is 9.97. The normalized spacial score (nSPS) is 18.8. The lowest BCUT2D eigenvalue weighted by molar-refractivity contribution is -0.152. The van der Waals surface area contributed by atoms with Crippen molar-refractivity contribution in [3.05, 3.63) is 35.9 Å². The first kappa shape index (κ1) is 11.6. The smallest absolute Gasteiger partial charge is 0.307 e. The van der Waals surface area contributed by atoms with Crippen LogP contribution in [0.1, 0.15) is 18.4 Å². The molecule has 1 aromatic carbocycles. The molecule has 4 heteroatoms. The number of amides is 1. The SMILES string of the molecule is COC(=O)C[C@H]1CC(=O)N1Cc1ccccc1. The average Bonchev–Trinajstić information content (AvgIpc) is 2.36. The quantitative estimate of drug-likeness (QED) is 0.582. The molecule has 1 aliphatic heterocycles. The van der Waals surface area contributed by atoms with Gasteiger partial charge < -0.3 is 9.64 Å². The number of carbonyl (C=O) groups is 2. The highest BCUT2D eigenvalue weighted by molar-refractivity contribution is 5.85. The number of ether oxygens (including phenoxy) is 1. The molecular formula is C13H15NO3. The van der Waals surface area contributed by atoms with Crippen LogP contribution in [0.4, 0.5) is 0 Å². The van der Waals surface area contributed by atoms with E-state index in [4.69, 9.17) is 0 Å². The fourth-order valence-electron chi connectivity index (χ4n) is 1.98. The van der Waals surface area contributed by atoms with Crippen LogP contribution in [0.25, 0.3) is 0 Å². The number of methoxy groups -OCH3 is 1. The van der Waals surface area contributed by atoms with Crippen LogP contribution in [-0.4, -0.2) is 29.9 Å². The second-order valence-electron chi connectivity index (χ2n) is 4.15. The molecule has 1 amide bonds. The molecule has 1 saturated heterocycles. The number of carbonyl (C=O) groups excluding carboxylic acids is 2. The van der Waals surface area contributed by atoms with Crippen molar-refractivity contribution in [2.24, 2.45) is 0 Å². The Morgan fingerprint density at radius 1 is 1.41 bits per heavy atom. The zero-order valence-corrected chi connectivity index (χ0v) is 9.76. The van der Waals surface area contributed by atoms with Gasteiger partial charge in [0.1, 0.15) is 0 Å². The molecule has 0 spiro atoms. The molecule has 0 radical (unpaired) electrons. The summed E-state index contributed by atoms with van der Waals surface area (Å²) >= 11 is 0. The van der Waals surface area contributed by atoms with E-state index in [0.717, 1.165) is 5.56 Å². The van der Waals surface area contributed by atoms with Gasteiger partial charge >= 0.3 is 5.97 Å². The topological polar surface area (TPSA) is 46.6 Å². The standard InChI is InChI=1S/C13H15NO3/c1-17-13(16)8-11-7-12(15)14(11)9-10-5-3-2-4-6-10/h2-6,11H,7-9H2,1H3/t11-/m1/s1. The van der Waals surface area contributed by atoms with Gasteiger partial charge in [0, 0.05) is 13.0 Å². The average molecular weight is 233 g/mol. The Kier molecular flexibility index (Phi) is 3.42. The van der Waals surface area contributed by atoms with E-state index in [0.29, 0.717) is 13.0 Å². The molecule has 0 N–H and O–H groups in total. The molecule has 90 valence electrons. The van der Waals surface area contributed by atoms with Crippen LogP contribution in [0.5, 0.6) is 0 Å². The maximum atomic E-state index is 11.5. The Hall–Kier alpha value is -1.84. The van der Waals surface area contributed by atoms with Crippen LogP contribution < -0.4 is 0 Å². The Bertz CT molecular complexity index is 416. The predicted octanol–water partition coefficient (Wildman–Crippen LogP) is 1.35. The third-order valence-corrected chi connectivity index (χ3v) is 3.00. The van der Waals surface area contributed by atoms with Gasteiger partial charge in [-0.25, -0.2) is 0 Å². The van der Waals surface area contributed by atoms with Crippen molar-refractivity contribution >= 4 is 11.9 Å². The number of hydrogen-bond donors (Lipinski definition) is 0. The minimum Gasteiger partial charge on any atom is -0.469 e. The van der Waals surface area contributed by atoms with E-state index < -0.39 is 0 Å². The first-order valence-electron chi connectivity index (χ1n) is 5.61. The zero-order valence-electron chi connectivity index (χ0n) is 9.76. The first-order chi connectivity index (χ1) is 8.20. The van der Waals surface area contributed by atoms with Crippen molar-refractivity contribution in [3.63, 3.8) is 0 Å². The van der Waals surface area contributed by atoms with Crippen LogP contribution >= 0.6 is 0 Å². The molecule has 17 heavy (non-hydrogen) atoms. The number of hydrogen-bond acceptors (Lipinski definition) is 3. The molecule has 1 fully saturated rings. The summed E-state index contributed by atoms with van der Waals surface area (Å²) in [5.74, 6) is -0.164. The fourth-order valence-corrected chi connectivity index (χ4v) is 1.98. The maximum absolute atomic E-state index is 11.5. The molecule has 1 atom stereocenters. The van der Waals surface area contributed by atoms with Gasteiger partial charge in [0.2, 0.25) is 5.91 Å². The van der Waals surface area contributed by atoms with Crippen LogP contribution in [-0.2, 0) is 20.9 Å². The minimum atomic E-state index is -0.263. The van der Waals surface area contributed by atoms with Crippen molar-refractivity contribution in [2.75, 3.05) is 7.11 Å². The second-order valence-corrected chi connectivity index (χ2v) is 4.15. The van der Waals surface area contributed by atoms with Gasteiger partial charge in [0.05, 0.1) is 19.6 Å². The molecule has 1 aliphatic rings. The van der Waals surface area contributed by atoms with Crippen molar-refractivity contribution in [3.8, 4) is 0 Å². The monoisotopic (exact) mass is 233 g/mol. The summed E-state index contributed by atoms with van der Waals surface area (Å²) in [4.78, 5) is 24.4. The third-order valence-electron chi connectivity index (χ3n) is 3.00. The number of nitrogens with zero attached hydrogens (tertiary/aromatic N) is 1. The van der Waals surface area contributed by atoms with E-state index in [1.807, 2.05) is 30.3 Å². The molecule has 1 heterocycles. The van der Waals surface area contributed by atoms with Gasteiger partial charge in [-0.2, -0.15) is 0 Å². The molecule has 4 nitrogen and oxygen atoms in total. The number of β-lactam (4-membered cyclic amide) rings is 1. The van der Waals surface area contributed by atoms with E-state index in [-0.39, 0.29) is 24.3 Å². The van der Waals surface area contributed by atoms with E-state index in [9.17, 15) is 9.59 Å². The van der Waals surface area contributed by atoms with Crippen LogP contribution in [0.3, 0.4) is 0 Å². The zero-order chi connectivity index (χ0) is 12.3. The van der Waals surface area contributed by atoms with Crippen molar-refractivity contribution in [1.82, 2.24) is 4.90 Å². The van der Waals surface area contributed by atoms with E-state index in [1.165, 1.54) is 7.11 Å². The van der Waals surface area contributed by atoms with Gasteiger partial charge in [0.15, 0.2) is 0 Å². The second kappa shape index (κ2) is 4.99. The minimum absolute atomic E-state index is 0.00449. The van der Waals surface area contributed by atoms with Crippen LogP contribution in [0.15, 0.2) is 30.3 Å². The van der Waals surface area contributed by atoms with Gasteiger partial charge in [-0.3, -0.25) is 9.59 Å². The van der Waals surface area contributed by atoms with Crippen molar-refractivity contribution in [1.29, 1.82) is 0 Å². The summed E-state index contributed by atoms with van der Waals surface area (Å²) in [6.45, 7) is 0.571. The Labute approximate surface area is 100 Å². The highest BCUT2D eigenvalue weighted by Crippen LogP contribution is 2.24. The molecule has 0 saturated carbocycles.